The third-order valence-electron chi connectivity index (χ3n) is 3.90. The summed E-state index contributed by atoms with van der Waals surface area (Å²) < 4.78 is 0. The highest BCUT2D eigenvalue weighted by atomic mass is 16.4. The molecule has 0 heterocycles. The molecule has 0 aliphatic carbocycles. The molecule has 0 bridgehead atoms. The van der Waals surface area contributed by atoms with Crippen molar-refractivity contribution in [2.75, 3.05) is 0 Å². The van der Waals surface area contributed by atoms with E-state index >= 15 is 0 Å². The van der Waals surface area contributed by atoms with Crippen molar-refractivity contribution in [3.05, 3.63) is 71.3 Å². The third-order valence-corrected chi connectivity index (χ3v) is 3.90. The van der Waals surface area contributed by atoms with Crippen molar-refractivity contribution in [1.29, 1.82) is 0 Å². The maximum Gasteiger partial charge on any atom is 0.335 e. The van der Waals surface area contributed by atoms with Gasteiger partial charge in [-0.25, -0.2) is 4.79 Å². The summed E-state index contributed by atoms with van der Waals surface area (Å²) in [6.07, 6.45) is 0. The van der Waals surface area contributed by atoms with Gasteiger partial charge in [0.2, 0.25) is 0 Å². The molecule has 2 rings (SSSR count). The summed E-state index contributed by atoms with van der Waals surface area (Å²) in [6.45, 7) is 5.11. The maximum absolute atomic E-state index is 10.8. The van der Waals surface area contributed by atoms with E-state index in [1.54, 1.807) is 12.1 Å². The molecule has 0 saturated carbocycles. The van der Waals surface area contributed by atoms with Crippen molar-refractivity contribution in [2.45, 2.75) is 32.4 Å². The van der Waals surface area contributed by atoms with Crippen LogP contribution >= 0.6 is 0 Å². The van der Waals surface area contributed by atoms with Gasteiger partial charge in [-0.05, 0) is 36.1 Å². The number of hydrogen-bond acceptors (Lipinski definition) is 2. The lowest BCUT2D eigenvalue weighted by molar-refractivity contribution is 0.0697. The summed E-state index contributed by atoms with van der Waals surface area (Å²) in [5, 5.41) is 12.4. The first kappa shape index (κ1) is 15.3. The molecule has 0 aliphatic rings. The van der Waals surface area contributed by atoms with E-state index in [0.29, 0.717) is 17.5 Å². The fourth-order valence-corrected chi connectivity index (χ4v) is 2.27. The molecular formula is C18H21NO2. The molecule has 0 spiro atoms. The van der Waals surface area contributed by atoms with Gasteiger partial charge in [0.15, 0.2) is 0 Å². The molecule has 3 heteroatoms. The van der Waals surface area contributed by atoms with Gasteiger partial charge in [-0.15, -0.1) is 0 Å². The zero-order valence-electron chi connectivity index (χ0n) is 12.4. The molecule has 110 valence electrons. The number of benzene rings is 2. The minimum atomic E-state index is -0.888. The van der Waals surface area contributed by atoms with Gasteiger partial charge in [-0.2, -0.15) is 0 Å². The second-order valence-electron chi connectivity index (χ2n) is 5.37. The lowest BCUT2D eigenvalue weighted by Crippen LogP contribution is -2.30. The molecule has 2 N–H and O–H groups in total. The fourth-order valence-electron chi connectivity index (χ4n) is 2.27. The molecule has 21 heavy (non-hydrogen) atoms. The predicted molar refractivity (Wildman–Crippen MR) is 84.6 cm³/mol. The van der Waals surface area contributed by atoms with Gasteiger partial charge in [0, 0.05) is 12.6 Å². The number of carboxylic acids is 1. The highest BCUT2D eigenvalue weighted by Gasteiger charge is 2.13. The summed E-state index contributed by atoms with van der Waals surface area (Å²) >= 11 is 0. The predicted octanol–water partition coefficient (Wildman–Crippen LogP) is 3.67. The Labute approximate surface area is 125 Å². The van der Waals surface area contributed by atoms with Crippen LogP contribution in [-0.4, -0.2) is 17.1 Å². The molecule has 2 aromatic rings. The van der Waals surface area contributed by atoms with Crippen LogP contribution in [0.5, 0.6) is 0 Å². The smallest absolute Gasteiger partial charge is 0.335 e. The molecule has 2 aromatic carbocycles. The summed E-state index contributed by atoms with van der Waals surface area (Å²) in [4.78, 5) is 10.8. The Balaban J connectivity index is 1.91. The van der Waals surface area contributed by atoms with Crippen LogP contribution in [0.2, 0.25) is 0 Å². The number of hydrogen-bond donors (Lipinski definition) is 2. The minimum absolute atomic E-state index is 0.324. The second kappa shape index (κ2) is 7.04. The minimum Gasteiger partial charge on any atom is -0.478 e. The van der Waals surface area contributed by atoms with Gasteiger partial charge < -0.3 is 10.4 Å². The largest absolute Gasteiger partial charge is 0.478 e. The average molecular weight is 283 g/mol. The van der Waals surface area contributed by atoms with E-state index in [4.69, 9.17) is 5.11 Å². The lowest BCUT2D eigenvalue weighted by Gasteiger charge is -2.22. The summed E-state index contributed by atoms with van der Waals surface area (Å²) in [5.74, 6) is -0.468. The van der Waals surface area contributed by atoms with E-state index in [1.807, 2.05) is 18.2 Å². The topological polar surface area (TPSA) is 49.3 Å². The second-order valence-corrected chi connectivity index (χ2v) is 5.37. The van der Waals surface area contributed by atoms with Crippen LogP contribution in [0, 0.1) is 0 Å². The Morgan fingerprint density at radius 1 is 1.05 bits per heavy atom. The SMILES string of the molecule is CC(NCc1ccc(C(=O)O)cc1)C(C)c1ccccc1. The number of rotatable bonds is 6. The molecule has 0 aliphatic heterocycles. The molecular weight excluding hydrogens is 262 g/mol. The van der Waals surface area contributed by atoms with Crippen LogP contribution in [0.1, 0.15) is 41.3 Å². The van der Waals surface area contributed by atoms with E-state index in [0.717, 1.165) is 12.1 Å². The Hall–Kier alpha value is -2.13. The van der Waals surface area contributed by atoms with Crippen molar-refractivity contribution >= 4 is 5.97 Å². The normalized spacial score (nSPS) is 13.6. The van der Waals surface area contributed by atoms with Crippen molar-refractivity contribution < 1.29 is 9.90 Å². The van der Waals surface area contributed by atoms with Crippen LogP contribution < -0.4 is 5.32 Å². The monoisotopic (exact) mass is 283 g/mol. The van der Waals surface area contributed by atoms with Gasteiger partial charge in [0.05, 0.1) is 5.56 Å². The zero-order valence-corrected chi connectivity index (χ0v) is 12.4. The molecule has 0 aromatic heterocycles. The highest BCUT2D eigenvalue weighted by molar-refractivity contribution is 5.87. The lowest BCUT2D eigenvalue weighted by atomic mass is 9.94. The highest BCUT2D eigenvalue weighted by Crippen LogP contribution is 2.18. The van der Waals surface area contributed by atoms with Crippen LogP contribution in [0.15, 0.2) is 54.6 Å². The number of aromatic carboxylic acids is 1. The molecule has 2 unspecified atom stereocenters. The van der Waals surface area contributed by atoms with Gasteiger partial charge in [0.25, 0.3) is 0 Å². The van der Waals surface area contributed by atoms with Crippen LogP contribution in [-0.2, 0) is 6.54 Å². The first-order valence-electron chi connectivity index (χ1n) is 7.18. The van der Waals surface area contributed by atoms with Gasteiger partial charge >= 0.3 is 5.97 Å². The zero-order chi connectivity index (χ0) is 15.2. The fraction of sp³-hybridized carbons (Fsp3) is 0.278. The Bertz CT molecular complexity index is 578. The van der Waals surface area contributed by atoms with E-state index in [2.05, 4.69) is 43.4 Å². The van der Waals surface area contributed by atoms with E-state index in [1.165, 1.54) is 5.56 Å². The standard InChI is InChI=1S/C18H21NO2/c1-13(16-6-4-3-5-7-16)14(2)19-12-15-8-10-17(11-9-15)18(20)21/h3-11,13-14,19H,12H2,1-2H3,(H,20,21). The van der Waals surface area contributed by atoms with Gasteiger partial charge in [-0.1, -0.05) is 49.4 Å². The molecule has 0 fully saturated rings. The summed E-state index contributed by atoms with van der Waals surface area (Å²) in [6, 6.07) is 17.8. The average Bonchev–Trinajstić information content (AvgIpc) is 2.53. The van der Waals surface area contributed by atoms with Crippen molar-refractivity contribution in [3.63, 3.8) is 0 Å². The summed E-state index contributed by atoms with van der Waals surface area (Å²) in [5.41, 5.74) is 2.73. The maximum atomic E-state index is 10.8. The van der Waals surface area contributed by atoms with E-state index < -0.39 is 5.97 Å². The van der Waals surface area contributed by atoms with Crippen molar-refractivity contribution in [3.8, 4) is 0 Å². The Morgan fingerprint density at radius 2 is 1.67 bits per heavy atom. The van der Waals surface area contributed by atoms with E-state index in [-0.39, 0.29) is 0 Å². The van der Waals surface area contributed by atoms with E-state index in [9.17, 15) is 4.79 Å². The summed E-state index contributed by atoms with van der Waals surface area (Å²) in [7, 11) is 0. The van der Waals surface area contributed by atoms with Crippen molar-refractivity contribution in [1.82, 2.24) is 5.32 Å². The first-order chi connectivity index (χ1) is 10.1. The van der Waals surface area contributed by atoms with Crippen LogP contribution in [0.25, 0.3) is 0 Å². The number of carboxylic acid groups (broad SMARTS) is 1. The van der Waals surface area contributed by atoms with Gasteiger partial charge in [-0.3, -0.25) is 0 Å². The quantitative estimate of drug-likeness (QED) is 0.850. The van der Waals surface area contributed by atoms with Crippen molar-refractivity contribution in [2.24, 2.45) is 0 Å². The third kappa shape index (κ3) is 4.17. The molecule has 0 radical (unpaired) electrons. The number of nitrogens with one attached hydrogen (secondary N) is 1. The molecule has 0 saturated heterocycles. The first-order valence-corrected chi connectivity index (χ1v) is 7.18. The molecule has 2 atom stereocenters. The molecule has 0 amide bonds. The van der Waals surface area contributed by atoms with Crippen LogP contribution in [0.3, 0.4) is 0 Å². The number of carbonyl (C=O) groups is 1. The Kier molecular flexibility index (Phi) is 5.12. The van der Waals surface area contributed by atoms with Crippen LogP contribution in [0.4, 0.5) is 0 Å². The Morgan fingerprint density at radius 3 is 2.24 bits per heavy atom. The molecule has 3 nitrogen and oxygen atoms in total. The van der Waals surface area contributed by atoms with Gasteiger partial charge in [0.1, 0.15) is 0 Å².